The fourth-order valence-corrected chi connectivity index (χ4v) is 4.55. The van der Waals surface area contributed by atoms with Gasteiger partial charge in [-0.1, -0.05) is 113 Å². The van der Waals surface area contributed by atoms with Crippen LogP contribution in [0, 0.1) is 6.92 Å². The van der Waals surface area contributed by atoms with Crippen LogP contribution in [-0.2, 0) is 21.7 Å². The molecule has 0 aromatic heterocycles. The Morgan fingerprint density at radius 1 is 0.606 bits per heavy atom. The lowest BCUT2D eigenvalue weighted by molar-refractivity contribution is 0.365. The van der Waals surface area contributed by atoms with Gasteiger partial charge in [0, 0.05) is 16.7 Å². The summed E-state index contributed by atoms with van der Waals surface area (Å²) in [5, 5.41) is 0. The van der Waals surface area contributed by atoms with E-state index >= 15 is 0 Å². The SMILES string of the molecule is Cc1cc(C(C)(C)C)c(OP(O)Oc2ccc(C(C)(C)C)cc2C(C)(C)C)c(C(C)(C)C)c1. The van der Waals surface area contributed by atoms with Crippen molar-refractivity contribution >= 4 is 8.60 Å². The zero-order valence-electron chi connectivity index (χ0n) is 23.1. The van der Waals surface area contributed by atoms with Gasteiger partial charge in [0.2, 0.25) is 0 Å². The first-order valence-corrected chi connectivity index (χ1v) is 13.0. The number of rotatable bonds is 4. The van der Waals surface area contributed by atoms with E-state index in [0.29, 0.717) is 5.75 Å². The highest BCUT2D eigenvalue weighted by Gasteiger charge is 2.31. The van der Waals surface area contributed by atoms with E-state index in [-0.39, 0.29) is 21.7 Å². The summed E-state index contributed by atoms with van der Waals surface area (Å²) in [4.78, 5) is 11.0. The molecule has 0 heterocycles. The average Bonchev–Trinajstić information content (AvgIpc) is 2.59. The monoisotopic (exact) mass is 472 g/mol. The molecular weight excluding hydrogens is 427 g/mol. The molecule has 0 bridgehead atoms. The van der Waals surface area contributed by atoms with Crippen LogP contribution in [0.4, 0.5) is 0 Å². The standard InChI is InChI=1S/C29H45O3P/c1-19-16-22(28(8,9)10)25(23(17-19)29(11,12)13)32-33(30)31-24-15-14-20(26(2,3)4)18-21(24)27(5,6)7/h14-18,30H,1-13H3. The quantitative estimate of drug-likeness (QED) is 0.452. The van der Waals surface area contributed by atoms with Crippen molar-refractivity contribution in [3.8, 4) is 11.5 Å². The van der Waals surface area contributed by atoms with Crippen molar-refractivity contribution in [2.45, 2.75) is 112 Å². The highest BCUT2D eigenvalue weighted by atomic mass is 31.2. The Kier molecular flexibility index (Phi) is 7.74. The first kappa shape index (κ1) is 27.7. The van der Waals surface area contributed by atoms with E-state index in [2.05, 4.69) is 114 Å². The van der Waals surface area contributed by atoms with Crippen LogP contribution < -0.4 is 9.05 Å². The molecule has 2 aromatic carbocycles. The van der Waals surface area contributed by atoms with Gasteiger partial charge in [0.05, 0.1) is 0 Å². The molecule has 1 unspecified atom stereocenters. The molecular formula is C29H45O3P. The minimum Gasteiger partial charge on any atom is -0.418 e. The van der Waals surface area contributed by atoms with Crippen molar-refractivity contribution in [3.05, 3.63) is 58.1 Å². The number of aryl methyl sites for hydroxylation is 1. The first-order chi connectivity index (χ1) is 14.7. The summed E-state index contributed by atoms with van der Waals surface area (Å²) >= 11 is 0. The Balaban J connectivity index is 2.52. The summed E-state index contributed by atoms with van der Waals surface area (Å²) in [7, 11) is -2.17. The number of hydrogen-bond donors (Lipinski definition) is 1. The molecule has 1 N–H and O–H groups in total. The topological polar surface area (TPSA) is 38.7 Å². The van der Waals surface area contributed by atoms with Crippen LogP contribution in [0.5, 0.6) is 11.5 Å². The largest absolute Gasteiger partial charge is 0.460 e. The lowest BCUT2D eigenvalue weighted by Gasteiger charge is -2.31. The van der Waals surface area contributed by atoms with Gasteiger partial charge in [0.25, 0.3) is 0 Å². The molecule has 0 saturated heterocycles. The first-order valence-electron chi connectivity index (χ1n) is 11.9. The molecule has 2 rings (SSSR count). The molecule has 1 atom stereocenters. The van der Waals surface area contributed by atoms with Crippen LogP contribution in [0.1, 0.15) is 111 Å². The molecule has 0 aliphatic carbocycles. The van der Waals surface area contributed by atoms with Crippen LogP contribution in [0.15, 0.2) is 30.3 Å². The van der Waals surface area contributed by atoms with E-state index in [4.69, 9.17) is 9.05 Å². The summed E-state index contributed by atoms with van der Waals surface area (Å²) in [6, 6.07) is 10.6. The third kappa shape index (κ3) is 6.96. The third-order valence-corrected chi connectivity index (χ3v) is 6.54. The van der Waals surface area contributed by atoms with Crippen LogP contribution in [0.2, 0.25) is 0 Å². The van der Waals surface area contributed by atoms with Crippen molar-refractivity contribution in [2.75, 3.05) is 0 Å². The Labute approximate surface area is 203 Å². The normalized spacial score (nSPS) is 14.2. The molecule has 4 heteroatoms. The Morgan fingerprint density at radius 3 is 1.45 bits per heavy atom. The molecule has 0 radical (unpaired) electrons. The van der Waals surface area contributed by atoms with E-state index in [1.807, 2.05) is 6.07 Å². The van der Waals surface area contributed by atoms with Gasteiger partial charge in [-0.15, -0.1) is 0 Å². The molecule has 0 fully saturated rings. The van der Waals surface area contributed by atoms with Crippen molar-refractivity contribution in [1.82, 2.24) is 0 Å². The van der Waals surface area contributed by atoms with E-state index in [9.17, 15) is 4.89 Å². The highest BCUT2D eigenvalue weighted by molar-refractivity contribution is 7.41. The molecule has 0 spiro atoms. The minimum atomic E-state index is -2.17. The summed E-state index contributed by atoms with van der Waals surface area (Å²) in [6.45, 7) is 28.2. The van der Waals surface area contributed by atoms with Gasteiger partial charge in [0.15, 0.2) is 0 Å². The van der Waals surface area contributed by atoms with Gasteiger partial charge < -0.3 is 13.9 Å². The van der Waals surface area contributed by atoms with Crippen molar-refractivity contribution in [3.63, 3.8) is 0 Å². The fraction of sp³-hybridized carbons (Fsp3) is 0.586. The molecule has 2 aromatic rings. The lowest BCUT2D eigenvalue weighted by atomic mass is 9.78. The van der Waals surface area contributed by atoms with E-state index < -0.39 is 8.60 Å². The second-order valence-corrected chi connectivity index (χ2v) is 14.2. The molecule has 0 saturated carbocycles. The second kappa shape index (κ2) is 9.23. The van der Waals surface area contributed by atoms with Crippen molar-refractivity contribution in [2.24, 2.45) is 0 Å². The van der Waals surface area contributed by atoms with E-state index in [1.165, 1.54) is 11.1 Å². The summed E-state index contributed by atoms with van der Waals surface area (Å²) in [6.07, 6.45) is 0. The van der Waals surface area contributed by atoms with Crippen molar-refractivity contribution < 1.29 is 13.9 Å². The van der Waals surface area contributed by atoms with Gasteiger partial charge in [0.1, 0.15) is 11.5 Å². The maximum atomic E-state index is 11.0. The summed E-state index contributed by atoms with van der Waals surface area (Å²) < 4.78 is 12.4. The zero-order chi connectivity index (χ0) is 25.6. The summed E-state index contributed by atoms with van der Waals surface area (Å²) in [5.74, 6) is 1.41. The van der Waals surface area contributed by atoms with Crippen LogP contribution >= 0.6 is 8.60 Å². The predicted octanol–water partition coefficient (Wildman–Crippen LogP) is 8.86. The molecule has 184 valence electrons. The van der Waals surface area contributed by atoms with Gasteiger partial charge in [-0.2, -0.15) is 0 Å². The zero-order valence-corrected chi connectivity index (χ0v) is 24.0. The number of hydrogen-bond acceptors (Lipinski definition) is 3. The smallest absolute Gasteiger partial charge is 0.418 e. The van der Waals surface area contributed by atoms with Crippen LogP contribution in [-0.4, -0.2) is 4.89 Å². The molecule has 0 amide bonds. The molecule has 0 aliphatic heterocycles. The van der Waals surface area contributed by atoms with Gasteiger partial charge in [-0.05, 0) is 40.2 Å². The Hall–Kier alpha value is -1.57. The van der Waals surface area contributed by atoms with Gasteiger partial charge >= 0.3 is 8.60 Å². The number of benzene rings is 2. The second-order valence-electron chi connectivity index (χ2n) is 13.3. The van der Waals surface area contributed by atoms with Gasteiger partial charge in [-0.25, -0.2) is 0 Å². The molecule has 0 aliphatic rings. The summed E-state index contributed by atoms with van der Waals surface area (Å²) in [5.41, 5.74) is 5.28. The lowest BCUT2D eigenvalue weighted by Crippen LogP contribution is -2.20. The maximum absolute atomic E-state index is 11.0. The van der Waals surface area contributed by atoms with E-state index in [0.717, 1.165) is 22.4 Å². The Bertz CT molecular complexity index is 945. The minimum absolute atomic E-state index is 0.0318. The average molecular weight is 473 g/mol. The highest BCUT2D eigenvalue weighted by Crippen LogP contribution is 2.48. The van der Waals surface area contributed by atoms with Gasteiger partial charge in [-0.3, -0.25) is 0 Å². The Morgan fingerprint density at radius 2 is 1.06 bits per heavy atom. The fourth-order valence-electron chi connectivity index (χ4n) is 3.83. The maximum Gasteiger partial charge on any atom is 0.460 e. The van der Waals surface area contributed by atoms with Crippen LogP contribution in [0.25, 0.3) is 0 Å². The predicted molar refractivity (Wildman–Crippen MR) is 143 cm³/mol. The van der Waals surface area contributed by atoms with E-state index in [1.54, 1.807) is 0 Å². The molecule has 33 heavy (non-hydrogen) atoms. The molecule has 3 nitrogen and oxygen atoms in total. The third-order valence-electron chi connectivity index (χ3n) is 5.85. The van der Waals surface area contributed by atoms with Crippen LogP contribution in [0.3, 0.4) is 0 Å². The van der Waals surface area contributed by atoms with Crippen molar-refractivity contribution in [1.29, 1.82) is 0 Å².